The molecule has 2 N–H and O–H groups in total. The number of carbonyl (C=O) groups excluding carboxylic acids is 3. The molecule has 0 bridgehead atoms. The summed E-state index contributed by atoms with van der Waals surface area (Å²) in [5, 5.41) is 7.23. The van der Waals surface area contributed by atoms with Crippen molar-refractivity contribution >= 4 is 49.5 Å². The third-order valence-electron chi connectivity index (χ3n) is 5.86. The second-order valence-electron chi connectivity index (χ2n) is 8.84. The quantitative estimate of drug-likeness (QED) is 0.254. The van der Waals surface area contributed by atoms with Gasteiger partial charge in [0.15, 0.2) is 15.1 Å². The summed E-state index contributed by atoms with van der Waals surface area (Å²) in [5.74, 6) is -2.30. The van der Waals surface area contributed by atoms with Crippen LogP contribution in [0, 0.1) is 5.82 Å². The summed E-state index contributed by atoms with van der Waals surface area (Å²) in [4.78, 5) is 48.7. The Kier molecular flexibility index (Phi) is 7.43. The number of rotatable bonds is 11. The monoisotopic (exact) mass is 571 g/mol. The number of aromatic nitrogens is 5. The molecule has 12 nitrogen and oxygen atoms in total. The Bertz CT molecular complexity index is 1640. The molecule has 0 spiro atoms. The molecule has 1 aliphatic rings. The van der Waals surface area contributed by atoms with E-state index in [9.17, 15) is 22.8 Å². The lowest BCUT2D eigenvalue weighted by atomic mass is 10.1. The first-order valence-electron chi connectivity index (χ1n) is 11.9. The van der Waals surface area contributed by atoms with Gasteiger partial charge in [0, 0.05) is 48.4 Å². The molecule has 1 unspecified atom stereocenters. The van der Waals surface area contributed by atoms with Crippen molar-refractivity contribution in [2.45, 2.75) is 30.6 Å². The molecule has 1 atom stereocenters. The van der Waals surface area contributed by atoms with Gasteiger partial charge in [-0.15, -0.1) is 11.3 Å². The summed E-state index contributed by atoms with van der Waals surface area (Å²) in [7, 11) is -4.19. The number of hydrogen-bond acceptors (Lipinski definition) is 10. The van der Waals surface area contributed by atoms with Crippen molar-refractivity contribution in [1.82, 2.24) is 35.4 Å². The molecule has 0 radical (unpaired) electrons. The maximum atomic E-state index is 15.1. The summed E-state index contributed by atoms with van der Waals surface area (Å²) < 4.78 is 43.0. The number of carbonyl (C=O) groups is 3. The molecular weight excluding hydrogens is 549 g/mol. The van der Waals surface area contributed by atoms with E-state index < -0.39 is 45.0 Å². The Morgan fingerprint density at radius 1 is 1.23 bits per heavy atom. The van der Waals surface area contributed by atoms with Gasteiger partial charge >= 0.3 is 0 Å². The summed E-state index contributed by atoms with van der Waals surface area (Å²) in [5.41, 5.74) is 0.750. The zero-order valence-electron chi connectivity index (χ0n) is 20.3. The summed E-state index contributed by atoms with van der Waals surface area (Å²) in [6.45, 7) is -0.409. The minimum Gasteiger partial charge on any atom is -0.352 e. The second-order valence-corrected chi connectivity index (χ2v) is 12.1. The van der Waals surface area contributed by atoms with Crippen LogP contribution in [0.4, 0.5) is 4.39 Å². The van der Waals surface area contributed by atoms with Gasteiger partial charge in [0.2, 0.25) is 17.8 Å². The lowest BCUT2D eigenvalue weighted by molar-refractivity contribution is -0.126. The Morgan fingerprint density at radius 2 is 2.00 bits per heavy atom. The molecule has 0 aliphatic heterocycles. The number of amides is 2. The molecule has 5 rings (SSSR count). The van der Waals surface area contributed by atoms with Gasteiger partial charge in [0.1, 0.15) is 17.1 Å². The van der Waals surface area contributed by atoms with Gasteiger partial charge in [0.05, 0.1) is 22.5 Å². The molecule has 0 saturated heterocycles. The van der Waals surface area contributed by atoms with Crippen LogP contribution in [0.1, 0.15) is 29.5 Å². The van der Waals surface area contributed by atoms with Crippen LogP contribution in [0.2, 0.25) is 0 Å². The smallest absolute Gasteiger partial charge is 0.250 e. The van der Waals surface area contributed by atoms with Crippen LogP contribution in [-0.4, -0.2) is 69.6 Å². The van der Waals surface area contributed by atoms with Crippen molar-refractivity contribution in [3.63, 3.8) is 0 Å². The average Bonchev–Trinajstić information content (AvgIpc) is 3.38. The van der Waals surface area contributed by atoms with E-state index in [-0.39, 0.29) is 28.6 Å². The molecule has 39 heavy (non-hydrogen) atoms. The number of aldehydes is 1. The minimum atomic E-state index is -4.19. The van der Waals surface area contributed by atoms with Gasteiger partial charge in [0.25, 0.3) is 0 Å². The molecule has 202 valence electrons. The van der Waals surface area contributed by atoms with Crippen LogP contribution in [0.25, 0.3) is 27.3 Å². The fourth-order valence-electron chi connectivity index (χ4n) is 3.79. The van der Waals surface area contributed by atoms with Crippen molar-refractivity contribution in [2.75, 3.05) is 12.3 Å². The van der Waals surface area contributed by atoms with Crippen molar-refractivity contribution in [3.8, 4) is 17.1 Å². The van der Waals surface area contributed by atoms with Crippen LogP contribution < -0.4 is 10.6 Å². The van der Waals surface area contributed by atoms with Crippen molar-refractivity contribution in [2.24, 2.45) is 0 Å². The van der Waals surface area contributed by atoms with Gasteiger partial charge in [-0.25, -0.2) is 32.4 Å². The third kappa shape index (κ3) is 5.98. The van der Waals surface area contributed by atoms with E-state index in [1.54, 1.807) is 18.5 Å². The number of sulfone groups is 1. The Balaban J connectivity index is 1.45. The first-order valence-corrected chi connectivity index (χ1v) is 14.4. The van der Waals surface area contributed by atoms with Crippen molar-refractivity contribution < 1.29 is 27.2 Å². The van der Waals surface area contributed by atoms with Gasteiger partial charge in [-0.3, -0.25) is 9.59 Å². The fourth-order valence-corrected chi connectivity index (χ4v) is 6.76. The lowest BCUT2D eigenvalue weighted by Gasteiger charge is -2.15. The maximum Gasteiger partial charge on any atom is 0.250 e. The van der Waals surface area contributed by atoms with E-state index in [1.807, 2.05) is 0 Å². The Labute approximate surface area is 225 Å². The van der Waals surface area contributed by atoms with Crippen LogP contribution in [-0.2, 0) is 24.2 Å². The molecule has 3 heterocycles. The summed E-state index contributed by atoms with van der Waals surface area (Å²) >= 11 is 0.845. The molecule has 1 saturated carbocycles. The molecular formula is C24H22FN7O5S2. The van der Waals surface area contributed by atoms with Gasteiger partial charge in [-0.2, -0.15) is 5.10 Å². The second kappa shape index (κ2) is 10.9. The highest BCUT2D eigenvalue weighted by Gasteiger charge is 2.37. The molecule has 1 fully saturated rings. The van der Waals surface area contributed by atoms with Gasteiger partial charge in [-0.1, -0.05) is 0 Å². The molecule has 4 aromatic rings. The molecule has 1 aliphatic carbocycles. The SMILES string of the molecule is O=CCCS(=O)(=O)C(C(=O)NCC(=O)NC1CC1)c1nc2cc(-c3cnc(-n4cccn4)nc3)c(F)cc2s1. The van der Waals surface area contributed by atoms with E-state index in [0.29, 0.717) is 22.5 Å². The first kappa shape index (κ1) is 26.5. The third-order valence-corrected chi connectivity index (χ3v) is 9.05. The zero-order chi connectivity index (χ0) is 27.6. The predicted octanol–water partition coefficient (Wildman–Crippen LogP) is 1.52. The normalized spacial score (nSPS) is 14.2. The van der Waals surface area contributed by atoms with E-state index in [0.717, 1.165) is 24.2 Å². The highest BCUT2D eigenvalue weighted by molar-refractivity contribution is 7.92. The molecule has 3 aromatic heterocycles. The molecule has 15 heteroatoms. The summed E-state index contributed by atoms with van der Waals surface area (Å²) in [6.07, 6.45) is 7.92. The van der Waals surface area contributed by atoms with Crippen LogP contribution in [0.3, 0.4) is 0 Å². The average molecular weight is 572 g/mol. The highest BCUT2D eigenvalue weighted by Crippen LogP contribution is 2.35. The Hall–Kier alpha value is -4.11. The van der Waals surface area contributed by atoms with Crippen molar-refractivity contribution in [1.29, 1.82) is 0 Å². The van der Waals surface area contributed by atoms with Crippen LogP contribution >= 0.6 is 11.3 Å². The topological polar surface area (TPSA) is 166 Å². The number of fused-ring (bicyclic) bond motifs is 1. The number of thiazole rings is 1. The van der Waals surface area contributed by atoms with Gasteiger partial charge in [-0.05, 0) is 31.0 Å². The number of halogens is 1. The van der Waals surface area contributed by atoms with E-state index >= 15 is 4.39 Å². The first-order chi connectivity index (χ1) is 18.7. The van der Waals surface area contributed by atoms with Gasteiger partial charge < -0.3 is 15.4 Å². The number of benzene rings is 1. The van der Waals surface area contributed by atoms with Crippen LogP contribution in [0.15, 0.2) is 43.0 Å². The van der Waals surface area contributed by atoms with E-state index in [4.69, 9.17) is 0 Å². The number of nitrogens with one attached hydrogen (secondary N) is 2. The van der Waals surface area contributed by atoms with E-state index in [2.05, 4.69) is 30.7 Å². The molecule has 2 amide bonds. The Morgan fingerprint density at radius 3 is 2.67 bits per heavy atom. The molecule has 1 aromatic carbocycles. The maximum absolute atomic E-state index is 15.1. The summed E-state index contributed by atoms with van der Waals surface area (Å²) in [6, 6.07) is 4.40. The number of nitrogens with zero attached hydrogens (tertiary/aromatic N) is 5. The predicted molar refractivity (Wildman–Crippen MR) is 139 cm³/mol. The largest absolute Gasteiger partial charge is 0.352 e. The zero-order valence-corrected chi connectivity index (χ0v) is 21.9. The minimum absolute atomic E-state index is 0.0713. The standard InChI is InChI=1S/C24H22FN7O5S2/c25-17-10-19-18(9-16(17)14-11-27-24(28-12-14)32-6-1-5-29-32)31-23(38-19)21(39(36,37)8-2-7-33)22(35)26-13-20(34)30-15-3-4-15/h1,5-7,9-12,15,21H,2-4,8,13H2,(H,26,35)(H,30,34). The van der Waals surface area contributed by atoms with Crippen molar-refractivity contribution in [3.05, 3.63) is 53.8 Å². The van der Waals surface area contributed by atoms with Crippen LogP contribution in [0.5, 0.6) is 0 Å². The fraction of sp³-hybridized carbons (Fsp3) is 0.292. The van der Waals surface area contributed by atoms with E-state index in [1.165, 1.54) is 29.2 Å². The highest BCUT2D eigenvalue weighted by atomic mass is 32.2. The number of hydrogen-bond donors (Lipinski definition) is 2. The lowest BCUT2D eigenvalue weighted by Crippen LogP contribution is -2.41.